The van der Waals surface area contributed by atoms with Crippen LogP contribution in [0.4, 0.5) is 11.4 Å². The Balaban J connectivity index is 1.56. The topological polar surface area (TPSA) is 92.1 Å². The number of fused-ring (bicyclic) bond motifs is 1. The lowest BCUT2D eigenvalue weighted by atomic mass is 10.1. The molecule has 35 heavy (non-hydrogen) atoms. The molecule has 0 bridgehead atoms. The van der Waals surface area contributed by atoms with E-state index in [0.29, 0.717) is 63.3 Å². The Morgan fingerprint density at radius 1 is 1.03 bits per heavy atom. The van der Waals surface area contributed by atoms with Crippen molar-refractivity contribution >= 4 is 33.9 Å². The number of methoxy groups -OCH3 is 2. The molecule has 9 nitrogen and oxygen atoms in total. The fraction of sp³-hybridized carbons (Fsp3) is 0.360. The van der Waals surface area contributed by atoms with Gasteiger partial charge in [-0.2, -0.15) is 10.3 Å². The van der Waals surface area contributed by atoms with Gasteiger partial charge in [0.05, 0.1) is 36.7 Å². The first-order chi connectivity index (χ1) is 17.0. The first kappa shape index (κ1) is 24.8. The number of anilines is 2. The number of piperazine rings is 1. The monoisotopic (exact) mass is 497 g/mol. The summed E-state index contributed by atoms with van der Waals surface area (Å²) < 4.78 is 17.0. The van der Waals surface area contributed by atoms with Gasteiger partial charge >= 0.3 is 0 Å². The number of nitrogens with zero attached hydrogens (tertiary/aromatic N) is 4. The summed E-state index contributed by atoms with van der Waals surface area (Å²) in [7, 11) is 5.24. The SMILES string of the molecule is COc1cc(Cl)ccc1Nc1c(C#N)cnc2cc(OCCON3CCN(C)CC3)c(OC)cc12. The molecular weight excluding hydrogens is 470 g/mol. The molecule has 184 valence electrons. The molecule has 1 fully saturated rings. The first-order valence-electron chi connectivity index (χ1n) is 11.2. The Morgan fingerprint density at radius 3 is 2.51 bits per heavy atom. The number of rotatable bonds is 9. The molecule has 1 aliphatic rings. The van der Waals surface area contributed by atoms with Crippen LogP contribution in [0.2, 0.25) is 5.02 Å². The van der Waals surface area contributed by atoms with Crippen LogP contribution in [-0.2, 0) is 4.84 Å². The van der Waals surface area contributed by atoms with Gasteiger partial charge in [0, 0.05) is 54.9 Å². The largest absolute Gasteiger partial charge is 0.495 e. The summed E-state index contributed by atoms with van der Waals surface area (Å²) in [5.41, 5.74) is 2.28. The summed E-state index contributed by atoms with van der Waals surface area (Å²) >= 11 is 6.10. The molecule has 0 saturated carbocycles. The van der Waals surface area contributed by atoms with E-state index >= 15 is 0 Å². The number of ether oxygens (including phenoxy) is 3. The lowest BCUT2D eigenvalue weighted by Crippen LogP contribution is -2.44. The zero-order chi connectivity index (χ0) is 24.8. The van der Waals surface area contributed by atoms with Crippen LogP contribution in [0, 0.1) is 11.3 Å². The fourth-order valence-corrected chi connectivity index (χ4v) is 3.99. The highest BCUT2D eigenvalue weighted by atomic mass is 35.5. The van der Waals surface area contributed by atoms with Gasteiger partial charge in [0.15, 0.2) is 11.5 Å². The molecule has 0 amide bonds. The summed E-state index contributed by atoms with van der Waals surface area (Å²) in [6.07, 6.45) is 1.53. The number of pyridine rings is 1. The van der Waals surface area contributed by atoms with Gasteiger partial charge in [-0.1, -0.05) is 11.6 Å². The minimum absolute atomic E-state index is 0.359. The van der Waals surface area contributed by atoms with Crippen molar-refractivity contribution in [1.29, 1.82) is 5.26 Å². The maximum Gasteiger partial charge on any atom is 0.163 e. The molecule has 10 heteroatoms. The summed E-state index contributed by atoms with van der Waals surface area (Å²) in [5, 5.41) is 16.2. The molecule has 0 radical (unpaired) electrons. The maximum absolute atomic E-state index is 9.71. The van der Waals surface area contributed by atoms with Crippen molar-refractivity contribution in [3.63, 3.8) is 0 Å². The van der Waals surface area contributed by atoms with Crippen molar-refractivity contribution in [2.75, 3.05) is 66.0 Å². The van der Waals surface area contributed by atoms with E-state index in [4.69, 9.17) is 30.6 Å². The van der Waals surface area contributed by atoms with E-state index in [1.54, 1.807) is 38.5 Å². The van der Waals surface area contributed by atoms with Gasteiger partial charge in [0.25, 0.3) is 0 Å². The Bertz CT molecular complexity index is 1220. The lowest BCUT2D eigenvalue weighted by Gasteiger charge is -2.31. The number of likely N-dealkylation sites (N-methyl/N-ethyl adjacent to an activating group) is 1. The maximum atomic E-state index is 9.71. The van der Waals surface area contributed by atoms with E-state index in [2.05, 4.69) is 28.3 Å². The summed E-state index contributed by atoms with van der Waals surface area (Å²) in [6, 6.07) is 11.1. The van der Waals surface area contributed by atoms with Crippen LogP contribution in [0.1, 0.15) is 5.56 Å². The standard InChI is InChI=1S/C25H28ClN5O4/c1-30-6-8-31(9-7-30)35-11-10-34-24-14-21-19(13-23(24)33-3)25(17(15-27)16-28-21)29-20-5-4-18(26)12-22(20)32-2/h4-5,12-14,16H,6-11H2,1-3H3,(H,28,29). The van der Waals surface area contributed by atoms with Crippen LogP contribution in [0.25, 0.3) is 10.9 Å². The van der Waals surface area contributed by atoms with E-state index in [9.17, 15) is 5.26 Å². The Morgan fingerprint density at radius 2 is 1.80 bits per heavy atom. The van der Waals surface area contributed by atoms with Crippen molar-refractivity contribution in [3.05, 3.63) is 47.1 Å². The first-order valence-corrected chi connectivity index (χ1v) is 11.6. The number of hydrogen-bond acceptors (Lipinski definition) is 9. The molecular formula is C25H28ClN5O4. The summed E-state index contributed by atoms with van der Waals surface area (Å²) in [4.78, 5) is 12.6. The predicted octanol–water partition coefficient (Wildman–Crippen LogP) is 4.08. The van der Waals surface area contributed by atoms with Crippen molar-refractivity contribution in [2.24, 2.45) is 0 Å². The van der Waals surface area contributed by atoms with Gasteiger partial charge in [-0.25, -0.2) is 0 Å². The molecule has 3 aromatic rings. The second-order valence-electron chi connectivity index (χ2n) is 8.06. The third-order valence-corrected chi connectivity index (χ3v) is 6.01. The van der Waals surface area contributed by atoms with Crippen LogP contribution in [0.5, 0.6) is 17.2 Å². The lowest BCUT2D eigenvalue weighted by molar-refractivity contribution is -0.179. The number of hydroxylamine groups is 2. The van der Waals surface area contributed by atoms with E-state index in [1.165, 1.54) is 6.20 Å². The normalized spacial score (nSPS) is 14.5. The fourth-order valence-electron chi connectivity index (χ4n) is 3.83. The van der Waals surface area contributed by atoms with Gasteiger partial charge in [-0.05, 0) is 25.2 Å². The van der Waals surface area contributed by atoms with Crippen LogP contribution in [-0.4, -0.2) is 75.6 Å². The van der Waals surface area contributed by atoms with Gasteiger partial charge in [0.1, 0.15) is 25.0 Å². The summed E-state index contributed by atoms with van der Waals surface area (Å²) in [6.45, 7) is 4.48. The van der Waals surface area contributed by atoms with Crippen LogP contribution in [0.15, 0.2) is 36.5 Å². The molecule has 0 atom stereocenters. The average Bonchev–Trinajstić information content (AvgIpc) is 2.88. The Kier molecular flexibility index (Phi) is 8.10. The molecule has 0 spiro atoms. The highest BCUT2D eigenvalue weighted by Gasteiger charge is 2.17. The van der Waals surface area contributed by atoms with Gasteiger partial charge in [0.2, 0.25) is 0 Å². The zero-order valence-corrected chi connectivity index (χ0v) is 20.8. The number of aromatic nitrogens is 1. The molecule has 4 rings (SSSR count). The van der Waals surface area contributed by atoms with E-state index in [0.717, 1.165) is 26.2 Å². The second-order valence-corrected chi connectivity index (χ2v) is 8.50. The zero-order valence-electron chi connectivity index (χ0n) is 20.0. The highest BCUT2D eigenvalue weighted by molar-refractivity contribution is 6.30. The number of nitrogens with one attached hydrogen (secondary N) is 1. The molecule has 0 unspecified atom stereocenters. The number of nitriles is 1. The number of benzene rings is 2. The van der Waals surface area contributed by atoms with E-state index in [-0.39, 0.29) is 0 Å². The van der Waals surface area contributed by atoms with Crippen molar-refractivity contribution in [2.45, 2.75) is 0 Å². The molecule has 1 aromatic heterocycles. The Hall–Kier alpha value is -3.29. The van der Waals surface area contributed by atoms with Gasteiger partial charge in [-0.15, -0.1) is 0 Å². The molecule has 2 aromatic carbocycles. The molecule has 1 aliphatic heterocycles. The quantitative estimate of drug-likeness (QED) is 0.439. The Labute approximate surface area is 209 Å². The van der Waals surface area contributed by atoms with Crippen LogP contribution < -0.4 is 19.5 Å². The minimum Gasteiger partial charge on any atom is -0.495 e. The van der Waals surface area contributed by atoms with Crippen molar-refractivity contribution in [1.82, 2.24) is 14.9 Å². The number of halogens is 1. The smallest absolute Gasteiger partial charge is 0.163 e. The van der Waals surface area contributed by atoms with E-state index in [1.807, 2.05) is 11.1 Å². The summed E-state index contributed by atoms with van der Waals surface area (Å²) in [5.74, 6) is 1.63. The molecule has 1 saturated heterocycles. The third-order valence-electron chi connectivity index (χ3n) is 5.77. The third kappa shape index (κ3) is 5.86. The number of hydrogen-bond donors (Lipinski definition) is 1. The highest BCUT2D eigenvalue weighted by Crippen LogP contribution is 2.39. The molecule has 2 heterocycles. The van der Waals surface area contributed by atoms with Crippen molar-refractivity contribution in [3.8, 4) is 23.3 Å². The predicted molar refractivity (Wildman–Crippen MR) is 135 cm³/mol. The second kappa shape index (κ2) is 11.4. The van der Waals surface area contributed by atoms with E-state index < -0.39 is 0 Å². The van der Waals surface area contributed by atoms with Gasteiger partial charge in [-0.3, -0.25) is 9.82 Å². The van der Waals surface area contributed by atoms with Crippen LogP contribution >= 0.6 is 11.6 Å². The van der Waals surface area contributed by atoms with Gasteiger partial charge < -0.3 is 24.4 Å². The van der Waals surface area contributed by atoms with Crippen LogP contribution in [0.3, 0.4) is 0 Å². The average molecular weight is 498 g/mol. The van der Waals surface area contributed by atoms with Crippen molar-refractivity contribution < 1.29 is 19.0 Å². The minimum atomic E-state index is 0.359. The molecule has 0 aliphatic carbocycles. The molecule has 1 N–H and O–H groups in total.